The topological polar surface area (TPSA) is 62.7 Å². The molecule has 0 spiro atoms. The number of aromatic nitrogens is 3. The van der Waals surface area contributed by atoms with Crippen molar-refractivity contribution in [2.45, 2.75) is 12.1 Å². The predicted molar refractivity (Wildman–Crippen MR) is 64.5 cm³/mol. The molecule has 1 rings (SSSR count). The molecule has 2 N–H and O–H groups in total. The first kappa shape index (κ1) is 11.8. The van der Waals surface area contributed by atoms with Crippen LogP contribution in [0.5, 0.6) is 0 Å². The average molecular weight is 225 g/mol. The fourth-order valence-electron chi connectivity index (χ4n) is 0.927. The van der Waals surface area contributed by atoms with Crippen molar-refractivity contribution < 1.29 is 0 Å². The van der Waals surface area contributed by atoms with Gasteiger partial charge in [0.15, 0.2) is 5.16 Å². The third kappa shape index (κ3) is 3.75. The van der Waals surface area contributed by atoms with E-state index >= 15 is 0 Å². The first-order valence-corrected chi connectivity index (χ1v) is 5.91. The van der Waals surface area contributed by atoms with Crippen LogP contribution in [0.15, 0.2) is 17.8 Å². The third-order valence-corrected chi connectivity index (χ3v) is 2.08. The molecule has 0 aliphatic rings. The molecule has 0 unspecified atom stereocenters. The van der Waals surface area contributed by atoms with E-state index in [9.17, 15) is 0 Å². The lowest BCUT2D eigenvalue weighted by Crippen LogP contribution is -2.09. The van der Waals surface area contributed by atoms with Crippen molar-refractivity contribution in [1.82, 2.24) is 15.0 Å². The minimum Gasteiger partial charge on any atom is -0.354 e. The maximum absolute atomic E-state index is 4.21. The second-order valence-electron chi connectivity index (χ2n) is 2.67. The SMILES string of the molecule is C=CCNc1nc(NCC)nc(SC)n1. The average Bonchev–Trinajstić information content (AvgIpc) is 2.26. The highest BCUT2D eigenvalue weighted by Gasteiger charge is 2.03. The molecule has 0 saturated carbocycles. The molecule has 0 saturated heterocycles. The molecular formula is C9H15N5S. The van der Waals surface area contributed by atoms with E-state index in [1.54, 1.807) is 6.08 Å². The first-order chi connectivity index (χ1) is 7.30. The molecule has 0 aliphatic heterocycles. The van der Waals surface area contributed by atoms with Gasteiger partial charge in [0.25, 0.3) is 0 Å². The molecule has 0 amide bonds. The summed E-state index contributed by atoms with van der Waals surface area (Å²) in [7, 11) is 0. The van der Waals surface area contributed by atoms with E-state index in [2.05, 4.69) is 32.2 Å². The Morgan fingerprint density at radius 3 is 2.47 bits per heavy atom. The summed E-state index contributed by atoms with van der Waals surface area (Å²) in [6, 6.07) is 0. The van der Waals surface area contributed by atoms with Crippen molar-refractivity contribution in [3.05, 3.63) is 12.7 Å². The standard InChI is InChI=1S/C9H15N5S/c1-4-6-11-8-12-7(10-5-2)13-9(14-8)15-3/h4H,1,5-6H2,2-3H3,(H2,10,11,12,13,14). The van der Waals surface area contributed by atoms with Crippen molar-refractivity contribution >= 4 is 23.7 Å². The van der Waals surface area contributed by atoms with Crippen LogP contribution in [0.3, 0.4) is 0 Å². The molecule has 6 heteroatoms. The van der Waals surface area contributed by atoms with Crippen LogP contribution in [0, 0.1) is 0 Å². The Morgan fingerprint density at radius 1 is 1.27 bits per heavy atom. The minimum absolute atomic E-state index is 0.574. The van der Waals surface area contributed by atoms with Crippen LogP contribution in [-0.4, -0.2) is 34.3 Å². The van der Waals surface area contributed by atoms with Gasteiger partial charge in [0.2, 0.25) is 11.9 Å². The molecule has 0 aliphatic carbocycles. The third-order valence-electron chi connectivity index (χ3n) is 1.54. The molecule has 1 aromatic heterocycles. The Bertz CT molecular complexity index is 328. The molecule has 0 bridgehead atoms. The zero-order valence-corrected chi connectivity index (χ0v) is 9.77. The van der Waals surface area contributed by atoms with Crippen LogP contribution >= 0.6 is 11.8 Å². The van der Waals surface area contributed by atoms with Crippen LogP contribution in [0.25, 0.3) is 0 Å². The normalized spacial score (nSPS) is 9.73. The molecule has 15 heavy (non-hydrogen) atoms. The second kappa shape index (κ2) is 6.23. The van der Waals surface area contributed by atoms with Crippen LogP contribution in [0.4, 0.5) is 11.9 Å². The highest BCUT2D eigenvalue weighted by Crippen LogP contribution is 2.13. The summed E-state index contributed by atoms with van der Waals surface area (Å²) < 4.78 is 0. The van der Waals surface area contributed by atoms with Gasteiger partial charge in [-0.2, -0.15) is 15.0 Å². The fourth-order valence-corrected chi connectivity index (χ4v) is 1.28. The first-order valence-electron chi connectivity index (χ1n) is 4.68. The highest BCUT2D eigenvalue weighted by molar-refractivity contribution is 7.98. The minimum atomic E-state index is 0.574. The largest absolute Gasteiger partial charge is 0.354 e. The smallest absolute Gasteiger partial charge is 0.228 e. The number of thioether (sulfide) groups is 1. The Kier molecular flexibility index (Phi) is 4.89. The van der Waals surface area contributed by atoms with Crippen molar-refractivity contribution in [3.8, 4) is 0 Å². The summed E-state index contributed by atoms with van der Waals surface area (Å²) in [5.41, 5.74) is 0. The maximum Gasteiger partial charge on any atom is 0.228 e. The van der Waals surface area contributed by atoms with Gasteiger partial charge in [-0.15, -0.1) is 6.58 Å². The summed E-state index contributed by atoms with van der Waals surface area (Å²) in [6.45, 7) is 7.05. The molecule has 0 atom stereocenters. The molecule has 0 radical (unpaired) electrons. The second-order valence-corrected chi connectivity index (χ2v) is 3.44. The van der Waals surface area contributed by atoms with E-state index < -0.39 is 0 Å². The van der Waals surface area contributed by atoms with Gasteiger partial charge < -0.3 is 10.6 Å². The number of hydrogen-bond acceptors (Lipinski definition) is 6. The van der Waals surface area contributed by atoms with Gasteiger partial charge in [0.05, 0.1) is 0 Å². The molecule has 82 valence electrons. The van der Waals surface area contributed by atoms with Gasteiger partial charge in [-0.3, -0.25) is 0 Å². The molecular weight excluding hydrogens is 210 g/mol. The van der Waals surface area contributed by atoms with E-state index in [1.807, 2.05) is 13.2 Å². The Balaban J connectivity index is 2.84. The molecule has 0 aromatic carbocycles. The zero-order chi connectivity index (χ0) is 11.1. The summed E-state index contributed by atoms with van der Waals surface area (Å²) in [6.07, 6.45) is 3.69. The zero-order valence-electron chi connectivity index (χ0n) is 8.95. The van der Waals surface area contributed by atoms with E-state index in [1.165, 1.54) is 11.8 Å². The fraction of sp³-hybridized carbons (Fsp3) is 0.444. The van der Waals surface area contributed by atoms with Crippen molar-refractivity contribution in [2.24, 2.45) is 0 Å². The van der Waals surface area contributed by atoms with Gasteiger partial charge in [-0.25, -0.2) is 0 Å². The van der Waals surface area contributed by atoms with E-state index in [4.69, 9.17) is 0 Å². The van der Waals surface area contributed by atoms with Crippen molar-refractivity contribution in [1.29, 1.82) is 0 Å². The Morgan fingerprint density at radius 2 is 1.93 bits per heavy atom. The van der Waals surface area contributed by atoms with Crippen LogP contribution in [0.1, 0.15) is 6.92 Å². The number of nitrogens with zero attached hydrogens (tertiary/aromatic N) is 3. The quantitative estimate of drug-likeness (QED) is 0.566. The lowest BCUT2D eigenvalue weighted by atomic mass is 10.6. The van der Waals surface area contributed by atoms with Gasteiger partial charge >= 0.3 is 0 Å². The van der Waals surface area contributed by atoms with E-state index in [0.717, 1.165) is 6.54 Å². The lowest BCUT2D eigenvalue weighted by molar-refractivity contribution is 0.900. The Hall–Kier alpha value is -1.30. The predicted octanol–water partition coefficient (Wildman–Crippen LogP) is 1.62. The molecule has 1 heterocycles. The number of rotatable bonds is 6. The number of nitrogens with one attached hydrogen (secondary N) is 2. The monoisotopic (exact) mass is 225 g/mol. The lowest BCUT2D eigenvalue weighted by Gasteiger charge is -2.06. The summed E-state index contributed by atoms with van der Waals surface area (Å²) in [4.78, 5) is 12.6. The number of anilines is 2. The summed E-state index contributed by atoms with van der Waals surface area (Å²) in [5.74, 6) is 1.17. The molecule has 1 aromatic rings. The van der Waals surface area contributed by atoms with E-state index in [0.29, 0.717) is 23.6 Å². The number of hydrogen-bond donors (Lipinski definition) is 2. The highest BCUT2D eigenvalue weighted by atomic mass is 32.2. The van der Waals surface area contributed by atoms with Crippen LogP contribution < -0.4 is 10.6 Å². The summed E-state index contributed by atoms with van der Waals surface area (Å²) in [5, 5.41) is 6.79. The maximum atomic E-state index is 4.21. The van der Waals surface area contributed by atoms with Gasteiger partial charge in [-0.05, 0) is 13.2 Å². The molecule has 0 fully saturated rings. The van der Waals surface area contributed by atoms with Gasteiger partial charge in [-0.1, -0.05) is 17.8 Å². The van der Waals surface area contributed by atoms with Crippen molar-refractivity contribution in [2.75, 3.05) is 30.0 Å². The van der Waals surface area contributed by atoms with Crippen LogP contribution in [0.2, 0.25) is 0 Å². The van der Waals surface area contributed by atoms with Gasteiger partial charge in [0.1, 0.15) is 0 Å². The molecule has 5 nitrogen and oxygen atoms in total. The van der Waals surface area contributed by atoms with Gasteiger partial charge in [0, 0.05) is 13.1 Å². The Labute approximate surface area is 93.8 Å². The van der Waals surface area contributed by atoms with E-state index in [-0.39, 0.29) is 0 Å². The summed E-state index contributed by atoms with van der Waals surface area (Å²) >= 11 is 1.49. The van der Waals surface area contributed by atoms with Crippen molar-refractivity contribution in [3.63, 3.8) is 0 Å². The van der Waals surface area contributed by atoms with Crippen LogP contribution in [-0.2, 0) is 0 Å².